The van der Waals surface area contributed by atoms with E-state index in [0.717, 1.165) is 25.9 Å². The highest BCUT2D eigenvalue weighted by molar-refractivity contribution is 5.04. The molecule has 0 fully saturated rings. The van der Waals surface area contributed by atoms with Crippen LogP contribution in [0.1, 0.15) is 32.3 Å². The Morgan fingerprint density at radius 2 is 2.29 bits per heavy atom. The molecule has 5 nitrogen and oxygen atoms in total. The summed E-state index contributed by atoms with van der Waals surface area (Å²) in [4.78, 5) is 0. The lowest BCUT2D eigenvalue weighted by atomic mass is 10.0. The summed E-state index contributed by atoms with van der Waals surface area (Å²) in [6.45, 7) is 4.86. The summed E-state index contributed by atoms with van der Waals surface area (Å²) in [5.41, 5.74) is 4.10. The van der Waals surface area contributed by atoms with E-state index in [1.54, 1.807) is 0 Å². The maximum Gasteiger partial charge on any atom is 0.0738 e. The SMILES string of the molecule is CCOC(CC)C(CCc1cnn(C)c1)NN. The fourth-order valence-corrected chi connectivity index (χ4v) is 2.03. The molecule has 0 amide bonds. The zero-order valence-electron chi connectivity index (χ0n) is 11.0. The van der Waals surface area contributed by atoms with Crippen LogP contribution < -0.4 is 11.3 Å². The van der Waals surface area contributed by atoms with Gasteiger partial charge in [-0.3, -0.25) is 16.0 Å². The van der Waals surface area contributed by atoms with Crippen LogP contribution in [0.2, 0.25) is 0 Å². The third-order valence-electron chi connectivity index (χ3n) is 2.95. The summed E-state index contributed by atoms with van der Waals surface area (Å²) in [5, 5.41) is 4.16. The molecule has 17 heavy (non-hydrogen) atoms. The van der Waals surface area contributed by atoms with Gasteiger partial charge in [0, 0.05) is 25.9 Å². The highest BCUT2D eigenvalue weighted by atomic mass is 16.5. The Labute approximate surface area is 103 Å². The molecule has 1 aromatic rings. The number of nitrogens with one attached hydrogen (secondary N) is 1. The van der Waals surface area contributed by atoms with Crippen LogP contribution in [0.3, 0.4) is 0 Å². The molecule has 0 bridgehead atoms. The number of nitrogens with two attached hydrogens (primary N) is 1. The number of aryl methyl sites for hydroxylation is 2. The zero-order valence-corrected chi connectivity index (χ0v) is 11.0. The van der Waals surface area contributed by atoms with E-state index < -0.39 is 0 Å². The monoisotopic (exact) mass is 240 g/mol. The normalized spacial score (nSPS) is 14.8. The topological polar surface area (TPSA) is 65.1 Å². The number of ether oxygens (including phenoxy) is 1. The summed E-state index contributed by atoms with van der Waals surface area (Å²) in [6, 6.07) is 0.195. The van der Waals surface area contributed by atoms with Crippen molar-refractivity contribution in [3.63, 3.8) is 0 Å². The second-order valence-corrected chi connectivity index (χ2v) is 4.24. The molecular weight excluding hydrogens is 216 g/mol. The van der Waals surface area contributed by atoms with Crippen LogP contribution in [0, 0.1) is 0 Å². The summed E-state index contributed by atoms with van der Waals surface area (Å²) < 4.78 is 7.49. The summed E-state index contributed by atoms with van der Waals surface area (Å²) in [6.07, 6.45) is 7.01. The summed E-state index contributed by atoms with van der Waals surface area (Å²) in [5.74, 6) is 5.60. The van der Waals surface area contributed by atoms with E-state index in [-0.39, 0.29) is 12.1 Å². The van der Waals surface area contributed by atoms with E-state index in [0.29, 0.717) is 0 Å². The van der Waals surface area contributed by atoms with Gasteiger partial charge in [0.25, 0.3) is 0 Å². The minimum absolute atomic E-state index is 0.182. The van der Waals surface area contributed by atoms with Gasteiger partial charge in [0.1, 0.15) is 0 Å². The average molecular weight is 240 g/mol. The van der Waals surface area contributed by atoms with Gasteiger partial charge in [0.15, 0.2) is 0 Å². The molecule has 0 radical (unpaired) electrons. The Hall–Kier alpha value is -0.910. The van der Waals surface area contributed by atoms with Crippen LogP contribution in [0.4, 0.5) is 0 Å². The second-order valence-electron chi connectivity index (χ2n) is 4.24. The highest BCUT2D eigenvalue weighted by Gasteiger charge is 2.18. The molecule has 5 heteroatoms. The molecular formula is C12H24N4O. The number of hydrogen-bond donors (Lipinski definition) is 2. The van der Waals surface area contributed by atoms with Crippen molar-refractivity contribution >= 4 is 0 Å². The molecule has 1 aromatic heterocycles. The largest absolute Gasteiger partial charge is 0.377 e. The van der Waals surface area contributed by atoms with Crippen molar-refractivity contribution in [3.8, 4) is 0 Å². The fraction of sp³-hybridized carbons (Fsp3) is 0.750. The maximum absolute atomic E-state index is 5.67. The quantitative estimate of drug-likeness (QED) is 0.525. The summed E-state index contributed by atoms with van der Waals surface area (Å²) >= 11 is 0. The molecule has 1 heterocycles. The Bertz CT molecular complexity index is 313. The number of hydrogen-bond acceptors (Lipinski definition) is 4. The molecule has 98 valence electrons. The molecule has 0 aliphatic carbocycles. The molecule has 3 N–H and O–H groups in total. The van der Waals surface area contributed by atoms with Crippen molar-refractivity contribution in [2.24, 2.45) is 12.9 Å². The van der Waals surface area contributed by atoms with Crippen molar-refractivity contribution in [1.29, 1.82) is 0 Å². The highest BCUT2D eigenvalue weighted by Crippen LogP contribution is 2.11. The smallest absolute Gasteiger partial charge is 0.0738 e. The predicted molar refractivity (Wildman–Crippen MR) is 68.3 cm³/mol. The lowest BCUT2D eigenvalue weighted by molar-refractivity contribution is 0.0297. The van der Waals surface area contributed by atoms with Crippen molar-refractivity contribution in [3.05, 3.63) is 18.0 Å². The minimum Gasteiger partial charge on any atom is -0.377 e. The first-order chi connectivity index (χ1) is 8.21. The van der Waals surface area contributed by atoms with Gasteiger partial charge in [0.2, 0.25) is 0 Å². The number of rotatable bonds is 8. The van der Waals surface area contributed by atoms with Crippen LogP contribution in [0.15, 0.2) is 12.4 Å². The van der Waals surface area contributed by atoms with Crippen LogP contribution in [-0.2, 0) is 18.2 Å². The van der Waals surface area contributed by atoms with Crippen molar-refractivity contribution in [1.82, 2.24) is 15.2 Å². The van der Waals surface area contributed by atoms with Gasteiger partial charge < -0.3 is 4.74 Å². The zero-order chi connectivity index (χ0) is 12.7. The average Bonchev–Trinajstić information content (AvgIpc) is 2.74. The molecule has 2 atom stereocenters. The number of nitrogens with zero attached hydrogens (tertiary/aromatic N) is 2. The molecule has 0 saturated carbocycles. The molecule has 2 unspecified atom stereocenters. The third kappa shape index (κ3) is 4.46. The first-order valence-corrected chi connectivity index (χ1v) is 6.26. The van der Waals surface area contributed by atoms with E-state index in [1.165, 1.54) is 5.56 Å². The third-order valence-corrected chi connectivity index (χ3v) is 2.95. The second kappa shape index (κ2) is 7.42. The van der Waals surface area contributed by atoms with E-state index in [9.17, 15) is 0 Å². The van der Waals surface area contributed by atoms with E-state index in [4.69, 9.17) is 10.6 Å². The molecule has 0 spiro atoms. The first-order valence-electron chi connectivity index (χ1n) is 6.26. The van der Waals surface area contributed by atoms with E-state index in [2.05, 4.69) is 17.4 Å². The Morgan fingerprint density at radius 3 is 2.76 bits per heavy atom. The number of hydrazine groups is 1. The van der Waals surface area contributed by atoms with Crippen LogP contribution in [0.25, 0.3) is 0 Å². The van der Waals surface area contributed by atoms with Gasteiger partial charge in [-0.2, -0.15) is 5.10 Å². The molecule has 0 aromatic carbocycles. The molecule has 1 rings (SSSR count). The minimum atomic E-state index is 0.182. The van der Waals surface area contributed by atoms with Crippen LogP contribution in [0.5, 0.6) is 0 Å². The first kappa shape index (κ1) is 14.2. The van der Waals surface area contributed by atoms with E-state index in [1.807, 2.05) is 31.0 Å². The van der Waals surface area contributed by atoms with Crippen molar-refractivity contribution in [2.45, 2.75) is 45.3 Å². The van der Waals surface area contributed by atoms with Crippen molar-refractivity contribution < 1.29 is 4.74 Å². The lowest BCUT2D eigenvalue weighted by Crippen LogP contribution is -2.45. The molecule has 0 aliphatic rings. The lowest BCUT2D eigenvalue weighted by Gasteiger charge is -2.25. The molecule has 0 aliphatic heterocycles. The van der Waals surface area contributed by atoms with Gasteiger partial charge in [-0.15, -0.1) is 0 Å². The van der Waals surface area contributed by atoms with Gasteiger partial charge >= 0.3 is 0 Å². The van der Waals surface area contributed by atoms with Crippen LogP contribution in [-0.4, -0.2) is 28.5 Å². The Kier molecular flexibility index (Phi) is 6.18. The maximum atomic E-state index is 5.67. The standard InChI is InChI=1S/C12H24N4O/c1-4-12(17-5-2)11(15-13)7-6-10-8-14-16(3)9-10/h8-9,11-12,15H,4-7,13H2,1-3H3. The van der Waals surface area contributed by atoms with E-state index >= 15 is 0 Å². The van der Waals surface area contributed by atoms with Crippen LogP contribution >= 0.6 is 0 Å². The Morgan fingerprint density at radius 1 is 1.53 bits per heavy atom. The van der Waals surface area contributed by atoms with Crippen molar-refractivity contribution in [2.75, 3.05) is 6.61 Å². The van der Waals surface area contributed by atoms with Gasteiger partial charge in [-0.05, 0) is 31.7 Å². The number of aromatic nitrogens is 2. The Balaban J connectivity index is 2.45. The van der Waals surface area contributed by atoms with Gasteiger partial charge in [0.05, 0.1) is 12.3 Å². The molecule has 0 saturated heterocycles. The predicted octanol–water partition coefficient (Wildman–Crippen LogP) is 1.000. The fourth-order valence-electron chi connectivity index (χ4n) is 2.03. The van der Waals surface area contributed by atoms with Gasteiger partial charge in [-0.1, -0.05) is 6.92 Å². The summed E-state index contributed by atoms with van der Waals surface area (Å²) in [7, 11) is 1.93. The van der Waals surface area contributed by atoms with Gasteiger partial charge in [-0.25, -0.2) is 0 Å².